The molecule has 0 spiro atoms. The van der Waals surface area contributed by atoms with Crippen molar-refractivity contribution in [1.29, 1.82) is 0 Å². The van der Waals surface area contributed by atoms with Gasteiger partial charge in [-0.25, -0.2) is 18.6 Å². The second-order valence-electron chi connectivity index (χ2n) is 8.41. The van der Waals surface area contributed by atoms with Gasteiger partial charge in [-0.3, -0.25) is 9.69 Å². The van der Waals surface area contributed by atoms with E-state index in [0.717, 1.165) is 12.1 Å². The Morgan fingerprint density at radius 2 is 1.94 bits per heavy atom. The van der Waals surface area contributed by atoms with E-state index in [1.807, 2.05) is 0 Å². The van der Waals surface area contributed by atoms with Crippen molar-refractivity contribution in [2.45, 2.75) is 31.5 Å². The number of aliphatic carboxylic acids is 1. The number of rotatable bonds is 6. The van der Waals surface area contributed by atoms with Gasteiger partial charge in [0.15, 0.2) is 12.4 Å². The van der Waals surface area contributed by atoms with Crippen molar-refractivity contribution in [3.05, 3.63) is 70.6 Å². The molecular weight excluding hydrogens is 500 g/mol. The number of ether oxygens (including phenoxy) is 1. The molecule has 186 valence electrons. The summed E-state index contributed by atoms with van der Waals surface area (Å²) in [5, 5.41) is 22.6. The highest BCUT2D eigenvalue weighted by Gasteiger charge is 2.48. The molecule has 2 N–H and O–H groups in total. The van der Waals surface area contributed by atoms with Crippen molar-refractivity contribution in [2.75, 3.05) is 0 Å². The zero-order valence-electron chi connectivity index (χ0n) is 18.4. The van der Waals surface area contributed by atoms with E-state index in [1.54, 1.807) is 18.2 Å². The van der Waals surface area contributed by atoms with Crippen LogP contribution in [0, 0.1) is 17.6 Å². The topological polar surface area (TPSA) is 126 Å². The van der Waals surface area contributed by atoms with Crippen LogP contribution in [0.3, 0.4) is 0 Å². The number of carbonyl (C=O) groups is 2. The molecule has 36 heavy (non-hydrogen) atoms. The Morgan fingerprint density at radius 1 is 1.17 bits per heavy atom. The largest absolute Gasteiger partial charge is 0.481 e. The van der Waals surface area contributed by atoms with Gasteiger partial charge < -0.3 is 19.5 Å². The van der Waals surface area contributed by atoms with Crippen LogP contribution in [-0.2, 0) is 11.4 Å². The highest BCUT2D eigenvalue weighted by atomic mass is 35.5. The molecule has 12 heteroatoms. The van der Waals surface area contributed by atoms with E-state index in [9.17, 15) is 28.6 Å². The van der Waals surface area contributed by atoms with Gasteiger partial charge in [0.25, 0.3) is 0 Å². The molecule has 1 aromatic carbocycles. The number of carboxylic acid groups (broad SMARTS) is 2. The number of carboxylic acids is 1. The lowest BCUT2D eigenvalue weighted by molar-refractivity contribution is -0.141. The molecule has 0 radical (unpaired) electrons. The summed E-state index contributed by atoms with van der Waals surface area (Å²) in [5.41, 5.74) is 0.849. The zero-order valence-corrected chi connectivity index (χ0v) is 19.2. The number of amides is 1. The summed E-state index contributed by atoms with van der Waals surface area (Å²) < 4.78 is 38.5. The molecule has 1 saturated heterocycles. The van der Waals surface area contributed by atoms with Crippen molar-refractivity contribution >= 4 is 29.2 Å². The lowest BCUT2D eigenvalue weighted by Crippen LogP contribution is -2.48. The number of benzene rings is 1. The summed E-state index contributed by atoms with van der Waals surface area (Å²) in [6, 6.07) is 5.38. The van der Waals surface area contributed by atoms with E-state index in [1.165, 1.54) is 17.2 Å². The molecule has 3 atom stereocenters. The summed E-state index contributed by atoms with van der Waals surface area (Å²) in [6.45, 7) is -0.119. The first-order valence-electron chi connectivity index (χ1n) is 10.9. The average Bonchev–Trinajstić information content (AvgIpc) is 3.43. The van der Waals surface area contributed by atoms with E-state index < -0.39 is 40.7 Å². The minimum Gasteiger partial charge on any atom is -0.481 e. The maximum atomic E-state index is 14.1. The Bertz CT molecular complexity index is 1380. The molecule has 2 bridgehead atoms. The van der Waals surface area contributed by atoms with E-state index in [-0.39, 0.29) is 35.5 Å². The third kappa shape index (κ3) is 4.15. The second-order valence-corrected chi connectivity index (χ2v) is 8.79. The average molecular weight is 518 g/mol. The predicted octanol–water partition coefficient (Wildman–Crippen LogP) is 4.86. The van der Waals surface area contributed by atoms with Crippen LogP contribution in [0.2, 0.25) is 5.02 Å². The molecule has 2 aliphatic heterocycles. The van der Waals surface area contributed by atoms with Crippen LogP contribution in [-0.4, -0.2) is 49.4 Å². The van der Waals surface area contributed by atoms with Crippen LogP contribution in [0.15, 0.2) is 47.1 Å². The SMILES string of the molecule is O=C(O)C1C(c2ccc(OCc3cc(-c4c(F)ccc(F)c4Cl)no3)nc2)=C[C@@H]2CC[C@H]1N2C(=O)O. The van der Waals surface area contributed by atoms with Gasteiger partial charge in [0.2, 0.25) is 5.88 Å². The number of pyridine rings is 1. The highest BCUT2D eigenvalue weighted by molar-refractivity contribution is 6.33. The van der Waals surface area contributed by atoms with Crippen LogP contribution in [0.5, 0.6) is 5.88 Å². The first kappa shape index (κ1) is 23.7. The molecule has 1 amide bonds. The van der Waals surface area contributed by atoms with Crippen molar-refractivity contribution in [2.24, 2.45) is 5.92 Å². The Labute approximate surface area is 207 Å². The predicted molar refractivity (Wildman–Crippen MR) is 121 cm³/mol. The molecule has 0 saturated carbocycles. The molecule has 5 rings (SSSR count). The van der Waals surface area contributed by atoms with E-state index in [0.29, 0.717) is 24.0 Å². The lowest BCUT2D eigenvalue weighted by Gasteiger charge is -2.36. The molecule has 1 unspecified atom stereocenters. The van der Waals surface area contributed by atoms with E-state index >= 15 is 0 Å². The summed E-state index contributed by atoms with van der Waals surface area (Å²) >= 11 is 5.86. The molecule has 1 fully saturated rings. The normalized spacial score (nSPS) is 20.8. The quantitative estimate of drug-likeness (QED) is 0.444. The van der Waals surface area contributed by atoms with Crippen LogP contribution in [0.1, 0.15) is 24.2 Å². The van der Waals surface area contributed by atoms with Crippen LogP contribution in [0.25, 0.3) is 16.8 Å². The minimum absolute atomic E-state index is 0.00731. The number of nitrogens with zero attached hydrogens (tertiary/aromatic N) is 3. The zero-order chi connectivity index (χ0) is 25.6. The first-order chi connectivity index (χ1) is 17.2. The molecule has 0 aliphatic carbocycles. The monoisotopic (exact) mass is 517 g/mol. The summed E-state index contributed by atoms with van der Waals surface area (Å²) in [6.07, 6.45) is 3.03. The van der Waals surface area contributed by atoms with Crippen molar-refractivity contribution < 1.29 is 37.8 Å². The van der Waals surface area contributed by atoms with Gasteiger partial charge in [0.1, 0.15) is 23.2 Å². The third-order valence-electron chi connectivity index (χ3n) is 6.34. The van der Waals surface area contributed by atoms with E-state index in [4.69, 9.17) is 20.9 Å². The summed E-state index contributed by atoms with van der Waals surface area (Å²) in [4.78, 5) is 29.0. The number of hydrogen-bond donors (Lipinski definition) is 2. The fraction of sp³-hybridized carbons (Fsp3) is 0.250. The van der Waals surface area contributed by atoms with Crippen molar-refractivity contribution in [3.8, 4) is 17.1 Å². The Kier molecular flexibility index (Phi) is 6.09. The second kappa shape index (κ2) is 9.23. The summed E-state index contributed by atoms with van der Waals surface area (Å²) in [5.74, 6) is -3.24. The molecule has 2 aromatic heterocycles. The van der Waals surface area contributed by atoms with E-state index in [2.05, 4.69) is 10.1 Å². The lowest BCUT2D eigenvalue weighted by atomic mass is 9.84. The van der Waals surface area contributed by atoms with Crippen molar-refractivity contribution in [1.82, 2.24) is 15.0 Å². The Balaban J connectivity index is 1.31. The standard InChI is InChI=1S/C24H18ClF2N3O6/c25-22-16(27)4-3-15(26)21(22)17-8-13(36-29-17)10-35-19-6-1-11(9-28-19)14-7-12-2-5-18(20(14)23(31)32)30(12)24(33)34/h1,3-4,6-9,12,18,20H,2,5,10H2,(H,31,32)(H,33,34)/t12-,18+,20?/m0/s1. The van der Waals surface area contributed by atoms with Crippen LogP contribution < -0.4 is 4.74 Å². The van der Waals surface area contributed by atoms with Gasteiger partial charge >= 0.3 is 12.1 Å². The van der Waals surface area contributed by atoms with Crippen LogP contribution in [0.4, 0.5) is 13.6 Å². The number of aromatic nitrogens is 2. The van der Waals surface area contributed by atoms with Gasteiger partial charge in [-0.05, 0) is 42.2 Å². The van der Waals surface area contributed by atoms with Crippen LogP contribution >= 0.6 is 11.6 Å². The first-order valence-corrected chi connectivity index (χ1v) is 11.3. The smallest absolute Gasteiger partial charge is 0.408 e. The van der Waals surface area contributed by atoms with Crippen molar-refractivity contribution in [3.63, 3.8) is 0 Å². The van der Waals surface area contributed by atoms with Gasteiger partial charge in [0.05, 0.1) is 22.7 Å². The Morgan fingerprint density at radius 3 is 2.64 bits per heavy atom. The third-order valence-corrected chi connectivity index (χ3v) is 6.71. The van der Waals surface area contributed by atoms with Gasteiger partial charge in [-0.2, -0.15) is 0 Å². The van der Waals surface area contributed by atoms with Gasteiger partial charge in [0, 0.05) is 18.3 Å². The molecule has 9 nitrogen and oxygen atoms in total. The number of hydrogen-bond acceptors (Lipinski definition) is 6. The maximum Gasteiger partial charge on any atom is 0.408 e. The number of halogens is 3. The fourth-order valence-electron chi connectivity index (χ4n) is 4.77. The molecule has 2 aliphatic rings. The Hall–Kier alpha value is -3.99. The number of fused-ring (bicyclic) bond motifs is 2. The van der Waals surface area contributed by atoms with Gasteiger partial charge in [-0.1, -0.05) is 22.8 Å². The fourth-order valence-corrected chi connectivity index (χ4v) is 5.02. The summed E-state index contributed by atoms with van der Waals surface area (Å²) in [7, 11) is 0. The minimum atomic E-state index is -1.14. The molecule has 4 heterocycles. The highest BCUT2D eigenvalue weighted by Crippen LogP contribution is 2.43. The molecule has 3 aromatic rings. The maximum absolute atomic E-state index is 14.1. The van der Waals surface area contributed by atoms with Gasteiger partial charge in [-0.15, -0.1) is 0 Å². The molecular formula is C24H18ClF2N3O6.